The molecule has 0 atom stereocenters. The van der Waals surface area contributed by atoms with Gasteiger partial charge >= 0.3 is 5.97 Å². The molecule has 108 valence electrons. The third-order valence-electron chi connectivity index (χ3n) is 2.67. The molecule has 0 aromatic rings. The van der Waals surface area contributed by atoms with Crippen LogP contribution in [0.1, 0.15) is 33.6 Å². The Kier molecular flexibility index (Phi) is 10.9. The number of allylic oxidation sites excluding steroid dienone is 3. The Labute approximate surface area is 117 Å². The van der Waals surface area contributed by atoms with Crippen LogP contribution in [0.2, 0.25) is 0 Å². The highest BCUT2D eigenvalue weighted by Crippen LogP contribution is 1.96. The van der Waals surface area contributed by atoms with Crippen LogP contribution in [0.4, 0.5) is 0 Å². The molecule has 0 bridgehead atoms. The first-order valence-corrected chi connectivity index (χ1v) is 6.98. The van der Waals surface area contributed by atoms with E-state index in [1.165, 1.54) is 0 Å². The zero-order chi connectivity index (χ0) is 14.5. The van der Waals surface area contributed by atoms with Gasteiger partial charge in [-0.05, 0) is 26.3 Å². The Bertz CT molecular complexity index is 319. The highest BCUT2D eigenvalue weighted by molar-refractivity contribution is 5.86. The smallest absolute Gasteiger partial charge is 0.333 e. The number of nitrogens with zero attached hydrogens (tertiary/aromatic N) is 1. The number of rotatable bonds is 10. The summed E-state index contributed by atoms with van der Waals surface area (Å²) in [5.41, 5.74) is 0.452. The first-order chi connectivity index (χ1) is 9.11. The van der Waals surface area contributed by atoms with Crippen LogP contribution in [0.3, 0.4) is 0 Å². The fraction of sp³-hybridized carbons (Fsp3) is 0.562. The lowest BCUT2D eigenvalue weighted by atomic mass is 10.3. The van der Waals surface area contributed by atoms with Crippen LogP contribution in [0.15, 0.2) is 36.5 Å². The molecule has 0 aromatic heterocycles. The molecule has 0 fully saturated rings. The van der Waals surface area contributed by atoms with Crippen molar-refractivity contribution in [3.05, 3.63) is 36.5 Å². The summed E-state index contributed by atoms with van der Waals surface area (Å²) in [7, 11) is 0. The molecule has 0 aliphatic heterocycles. The predicted molar refractivity (Wildman–Crippen MR) is 81.1 cm³/mol. The van der Waals surface area contributed by atoms with Gasteiger partial charge in [-0.2, -0.15) is 0 Å². The zero-order valence-electron chi connectivity index (χ0n) is 12.5. The highest BCUT2D eigenvalue weighted by atomic mass is 16.5. The maximum Gasteiger partial charge on any atom is 0.333 e. The van der Waals surface area contributed by atoms with Gasteiger partial charge in [0.25, 0.3) is 0 Å². The third-order valence-corrected chi connectivity index (χ3v) is 2.67. The topological polar surface area (TPSA) is 29.5 Å². The summed E-state index contributed by atoms with van der Waals surface area (Å²) in [6.07, 6.45) is 10.5. The van der Waals surface area contributed by atoms with E-state index in [9.17, 15) is 4.79 Å². The minimum atomic E-state index is -0.305. The molecule has 0 amide bonds. The van der Waals surface area contributed by atoms with Gasteiger partial charge in [0.1, 0.15) is 6.61 Å². The van der Waals surface area contributed by atoms with Gasteiger partial charge < -0.3 is 4.74 Å². The van der Waals surface area contributed by atoms with E-state index in [0.29, 0.717) is 12.2 Å². The van der Waals surface area contributed by atoms with Gasteiger partial charge in [-0.3, -0.25) is 4.90 Å². The van der Waals surface area contributed by atoms with E-state index in [0.717, 1.165) is 32.5 Å². The standard InChI is InChI=1S/C16H27NO2/c1-5-7-8-9-10-11-12-17(6-2)13-14-19-16(18)15(3)4/h7-10H,3,5-6,11-14H2,1-2,4H3. The van der Waals surface area contributed by atoms with Crippen molar-refractivity contribution in [1.29, 1.82) is 0 Å². The molecule has 0 aromatic carbocycles. The van der Waals surface area contributed by atoms with E-state index in [1.54, 1.807) is 6.92 Å². The average Bonchev–Trinajstić information content (AvgIpc) is 2.40. The van der Waals surface area contributed by atoms with Gasteiger partial charge in [0.2, 0.25) is 0 Å². The summed E-state index contributed by atoms with van der Waals surface area (Å²) < 4.78 is 5.09. The van der Waals surface area contributed by atoms with Gasteiger partial charge in [-0.15, -0.1) is 0 Å². The van der Waals surface area contributed by atoms with E-state index >= 15 is 0 Å². The molecule has 0 unspecified atom stereocenters. The molecule has 0 rings (SSSR count). The average molecular weight is 265 g/mol. The summed E-state index contributed by atoms with van der Waals surface area (Å²) in [5.74, 6) is -0.305. The molecule has 0 aliphatic rings. The van der Waals surface area contributed by atoms with Crippen molar-refractivity contribution in [2.75, 3.05) is 26.2 Å². The van der Waals surface area contributed by atoms with Crippen molar-refractivity contribution in [1.82, 2.24) is 4.90 Å². The van der Waals surface area contributed by atoms with Crippen LogP contribution < -0.4 is 0 Å². The van der Waals surface area contributed by atoms with E-state index in [-0.39, 0.29) is 5.97 Å². The molecule has 0 N–H and O–H groups in total. The number of hydrogen-bond donors (Lipinski definition) is 0. The molecule has 0 heterocycles. The minimum absolute atomic E-state index is 0.305. The lowest BCUT2D eigenvalue weighted by Crippen LogP contribution is -2.29. The van der Waals surface area contributed by atoms with E-state index < -0.39 is 0 Å². The monoisotopic (exact) mass is 265 g/mol. The van der Waals surface area contributed by atoms with Gasteiger partial charge in [-0.25, -0.2) is 4.79 Å². The second kappa shape index (κ2) is 11.7. The Morgan fingerprint density at radius 3 is 2.47 bits per heavy atom. The maximum absolute atomic E-state index is 11.2. The number of likely N-dealkylation sites (N-methyl/N-ethyl adjacent to an activating group) is 1. The lowest BCUT2D eigenvalue weighted by molar-refractivity contribution is -0.139. The first-order valence-electron chi connectivity index (χ1n) is 6.98. The quantitative estimate of drug-likeness (QED) is 0.345. The van der Waals surface area contributed by atoms with Crippen LogP contribution in [-0.4, -0.2) is 37.1 Å². The van der Waals surface area contributed by atoms with Gasteiger partial charge in [0.15, 0.2) is 0 Å². The Hall–Kier alpha value is -1.35. The summed E-state index contributed by atoms with van der Waals surface area (Å²) in [5, 5.41) is 0. The normalized spacial score (nSPS) is 11.6. The molecule has 0 radical (unpaired) electrons. The van der Waals surface area contributed by atoms with Crippen LogP contribution in [-0.2, 0) is 9.53 Å². The number of hydrogen-bond acceptors (Lipinski definition) is 3. The lowest BCUT2D eigenvalue weighted by Gasteiger charge is -2.19. The molecular formula is C16H27NO2. The summed E-state index contributed by atoms with van der Waals surface area (Å²) in [6.45, 7) is 12.6. The molecule has 0 saturated carbocycles. The molecular weight excluding hydrogens is 238 g/mol. The number of esters is 1. The fourth-order valence-electron chi connectivity index (χ4n) is 1.47. The number of carbonyl (C=O) groups excluding carboxylic acids is 1. The van der Waals surface area contributed by atoms with E-state index in [1.807, 2.05) is 0 Å². The van der Waals surface area contributed by atoms with Crippen LogP contribution in [0, 0.1) is 0 Å². The predicted octanol–water partition coefficient (Wildman–Crippen LogP) is 3.34. The third kappa shape index (κ3) is 10.3. The number of carbonyl (C=O) groups is 1. The van der Waals surface area contributed by atoms with Crippen molar-refractivity contribution in [3.63, 3.8) is 0 Å². The van der Waals surface area contributed by atoms with Gasteiger partial charge in [0, 0.05) is 18.7 Å². The first kappa shape index (κ1) is 17.6. The Morgan fingerprint density at radius 1 is 1.21 bits per heavy atom. The molecule has 0 saturated heterocycles. The van der Waals surface area contributed by atoms with Crippen molar-refractivity contribution < 1.29 is 9.53 Å². The molecule has 19 heavy (non-hydrogen) atoms. The van der Waals surface area contributed by atoms with Crippen molar-refractivity contribution in [2.24, 2.45) is 0 Å². The van der Waals surface area contributed by atoms with Crippen molar-refractivity contribution >= 4 is 5.97 Å². The Balaban J connectivity index is 3.77. The van der Waals surface area contributed by atoms with Crippen LogP contribution >= 0.6 is 0 Å². The van der Waals surface area contributed by atoms with Gasteiger partial charge in [0.05, 0.1) is 0 Å². The summed E-state index contributed by atoms with van der Waals surface area (Å²) >= 11 is 0. The SMILES string of the molecule is C=C(C)C(=O)OCCN(CC)CCC=CC=CCC. The highest BCUT2D eigenvalue weighted by Gasteiger charge is 2.05. The largest absolute Gasteiger partial charge is 0.461 e. The van der Waals surface area contributed by atoms with E-state index in [2.05, 4.69) is 49.6 Å². The summed E-state index contributed by atoms with van der Waals surface area (Å²) in [4.78, 5) is 13.5. The van der Waals surface area contributed by atoms with E-state index in [4.69, 9.17) is 4.74 Å². The second-order valence-corrected chi connectivity index (χ2v) is 4.40. The number of ether oxygens (including phenoxy) is 1. The fourth-order valence-corrected chi connectivity index (χ4v) is 1.47. The second-order valence-electron chi connectivity index (χ2n) is 4.40. The van der Waals surface area contributed by atoms with Crippen molar-refractivity contribution in [2.45, 2.75) is 33.6 Å². The van der Waals surface area contributed by atoms with Gasteiger partial charge in [-0.1, -0.05) is 44.7 Å². The van der Waals surface area contributed by atoms with Crippen LogP contribution in [0.25, 0.3) is 0 Å². The minimum Gasteiger partial charge on any atom is -0.461 e. The maximum atomic E-state index is 11.2. The summed E-state index contributed by atoms with van der Waals surface area (Å²) in [6, 6.07) is 0. The van der Waals surface area contributed by atoms with Crippen molar-refractivity contribution in [3.8, 4) is 0 Å². The molecule has 3 heteroatoms. The van der Waals surface area contributed by atoms with Crippen LogP contribution in [0.5, 0.6) is 0 Å². The Morgan fingerprint density at radius 2 is 1.89 bits per heavy atom. The molecule has 0 spiro atoms. The zero-order valence-corrected chi connectivity index (χ0v) is 12.5. The molecule has 3 nitrogen and oxygen atoms in total. The molecule has 0 aliphatic carbocycles.